The molecule has 2 aliphatic rings. The molecule has 1 aromatic carbocycles. The van der Waals surface area contributed by atoms with Crippen molar-refractivity contribution in [2.24, 2.45) is 0 Å². The first-order chi connectivity index (χ1) is 13.7. The summed E-state index contributed by atoms with van der Waals surface area (Å²) < 4.78 is 1.08. The number of aromatic amines is 2. The van der Waals surface area contributed by atoms with Crippen molar-refractivity contribution >= 4 is 26.8 Å². The first kappa shape index (κ1) is 18.1. The molecule has 1 aliphatic heterocycles. The zero-order valence-corrected chi connectivity index (χ0v) is 17.5. The molecule has 5 rings (SSSR count). The Morgan fingerprint density at radius 3 is 2.93 bits per heavy atom. The second-order valence-corrected chi connectivity index (χ2v) is 9.09. The van der Waals surface area contributed by atoms with E-state index in [-0.39, 0.29) is 5.56 Å². The summed E-state index contributed by atoms with van der Waals surface area (Å²) in [6.45, 7) is 2.51. The van der Waals surface area contributed by atoms with Gasteiger partial charge < -0.3 is 9.97 Å². The second-order valence-electron chi connectivity index (χ2n) is 8.18. The van der Waals surface area contributed by atoms with Gasteiger partial charge in [-0.15, -0.1) is 0 Å². The summed E-state index contributed by atoms with van der Waals surface area (Å²) in [5, 5.41) is 1.26. The predicted molar refractivity (Wildman–Crippen MR) is 115 cm³/mol. The van der Waals surface area contributed by atoms with Gasteiger partial charge in [0.25, 0.3) is 5.56 Å². The predicted octanol–water partition coefficient (Wildman–Crippen LogP) is 4.62. The van der Waals surface area contributed by atoms with Crippen molar-refractivity contribution in [3.63, 3.8) is 0 Å². The molecule has 0 amide bonds. The van der Waals surface area contributed by atoms with E-state index >= 15 is 0 Å². The minimum atomic E-state index is 0.0853. The molecule has 6 heteroatoms. The van der Waals surface area contributed by atoms with Crippen LogP contribution in [0.5, 0.6) is 0 Å². The Labute approximate surface area is 172 Å². The van der Waals surface area contributed by atoms with Gasteiger partial charge in [-0.05, 0) is 37.0 Å². The Morgan fingerprint density at radius 1 is 1.21 bits per heavy atom. The first-order valence-corrected chi connectivity index (χ1v) is 11.1. The third-order valence-corrected chi connectivity index (χ3v) is 6.78. The summed E-state index contributed by atoms with van der Waals surface area (Å²) in [5.41, 5.74) is 4.40. The minimum absolute atomic E-state index is 0.0853. The molecule has 3 aromatic rings. The number of hydrogen-bond acceptors (Lipinski definition) is 3. The highest BCUT2D eigenvalue weighted by atomic mass is 79.9. The van der Waals surface area contributed by atoms with Gasteiger partial charge >= 0.3 is 0 Å². The molecule has 1 saturated carbocycles. The molecule has 0 spiro atoms. The van der Waals surface area contributed by atoms with Crippen LogP contribution in [0.4, 0.5) is 0 Å². The third kappa shape index (κ3) is 3.44. The summed E-state index contributed by atoms with van der Waals surface area (Å²) in [6.07, 6.45) is 8.97. The van der Waals surface area contributed by atoms with Crippen molar-refractivity contribution in [1.29, 1.82) is 0 Å². The molecule has 0 bridgehead atoms. The van der Waals surface area contributed by atoms with Crippen molar-refractivity contribution in [2.75, 3.05) is 6.54 Å². The molecule has 0 unspecified atom stereocenters. The quantitative estimate of drug-likeness (QED) is 0.624. The number of aromatic nitrogens is 3. The summed E-state index contributed by atoms with van der Waals surface area (Å²) in [6, 6.07) is 6.36. The lowest BCUT2D eigenvalue weighted by Crippen LogP contribution is -2.35. The van der Waals surface area contributed by atoms with E-state index < -0.39 is 0 Å². The average Bonchev–Trinajstić information content (AvgIpc) is 3.10. The first-order valence-electron chi connectivity index (χ1n) is 10.3. The summed E-state index contributed by atoms with van der Waals surface area (Å²) in [4.78, 5) is 26.5. The molecule has 2 N–H and O–H groups in total. The molecule has 0 saturated heterocycles. The largest absolute Gasteiger partial charge is 0.361 e. The zero-order chi connectivity index (χ0) is 19.1. The van der Waals surface area contributed by atoms with Crippen LogP contribution >= 0.6 is 15.9 Å². The Bertz CT molecular complexity index is 1060. The Morgan fingerprint density at radius 2 is 2.07 bits per heavy atom. The molecule has 146 valence electrons. The van der Waals surface area contributed by atoms with Crippen LogP contribution in [0.1, 0.15) is 60.7 Å². The molecule has 3 heterocycles. The summed E-state index contributed by atoms with van der Waals surface area (Å²) in [5.74, 6) is 1.34. The fourth-order valence-electron chi connectivity index (χ4n) is 4.75. The number of hydrogen-bond donors (Lipinski definition) is 2. The topological polar surface area (TPSA) is 64.8 Å². The molecule has 28 heavy (non-hydrogen) atoms. The van der Waals surface area contributed by atoms with E-state index in [4.69, 9.17) is 4.98 Å². The highest BCUT2D eigenvalue weighted by Crippen LogP contribution is 2.31. The van der Waals surface area contributed by atoms with Crippen LogP contribution in [0.25, 0.3) is 10.9 Å². The zero-order valence-electron chi connectivity index (χ0n) is 15.9. The van der Waals surface area contributed by atoms with Gasteiger partial charge in [0.05, 0.1) is 5.69 Å². The second kappa shape index (κ2) is 7.48. The van der Waals surface area contributed by atoms with E-state index in [0.717, 1.165) is 66.0 Å². The van der Waals surface area contributed by atoms with Crippen LogP contribution in [-0.2, 0) is 19.5 Å². The van der Waals surface area contributed by atoms with Crippen molar-refractivity contribution in [1.82, 2.24) is 19.9 Å². The van der Waals surface area contributed by atoms with Gasteiger partial charge in [0.2, 0.25) is 0 Å². The monoisotopic (exact) mass is 440 g/mol. The lowest BCUT2D eigenvalue weighted by atomic mass is 9.88. The highest BCUT2D eigenvalue weighted by molar-refractivity contribution is 9.10. The van der Waals surface area contributed by atoms with Crippen molar-refractivity contribution in [2.45, 2.75) is 57.5 Å². The van der Waals surface area contributed by atoms with Gasteiger partial charge in [-0.1, -0.05) is 41.3 Å². The standard InChI is InChI=1S/C22H25BrN4O/c23-16-6-7-17-15(11-24-19(17)10-16)12-27-9-8-18-20(13-27)25-21(26-22(18)28)14-4-2-1-3-5-14/h6-7,10-11,14,24H,1-5,8-9,12-13H2,(H,25,26,28). The SMILES string of the molecule is O=c1[nH]c(C2CCCCC2)nc2c1CCN(Cc1c[nH]c3cc(Br)ccc13)C2. The number of nitrogens with one attached hydrogen (secondary N) is 2. The van der Waals surface area contributed by atoms with Gasteiger partial charge in [-0.3, -0.25) is 9.69 Å². The smallest absolute Gasteiger partial charge is 0.254 e. The van der Waals surface area contributed by atoms with Crippen LogP contribution in [-0.4, -0.2) is 26.4 Å². The molecular weight excluding hydrogens is 416 g/mol. The molecule has 1 aliphatic carbocycles. The Balaban J connectivity index is 1.39. The maximum Gasteiger partial charge on any atom is 0.254 e. The molecule has 0 radical (unpaired) electrons. The lowest BCUT2D eigenvalue weighted by Gasteiger charge is -2.28. The highest BCUT2D eigenvalue weighted by Gasteiger charge is 2.25. The minimum Gasteiger partial charge on any atom is -0.361 e. The van der Waals surface area contributed by atoms with Crippen LogP contribution in [0.2, 0.25) is 0 Å². The maximum absolute atomic E-state index is 12.6. The molecular formula is C22H25BrN4O. The van der Waals surface area contributed by atoms with Crippen LogP contribution < -0.4 is 5.56 Å². The van der Waals surface area contributed by atoms with Crippen LogP contribution in [0.3, 0.4) is 0 Å². The molecule has 1 fully saturated rings. The van der Waals surface area contributed by atoms with Gasteiger partial charge in [-0.25, -0.2) is 4.98 Å². The number of nitrogens with zero attached hydrogens (tertiary/aromatic N) is 2. The van der Waals surface area contributed by atoms with E-state index in [0.29, 0.717) is 5.92 Å². The van der Waals surface area contributed by atoms with E-state index in [1.54, 1.807) is 0 Å². The van der Waals surface area contributed by atoms with Crippen LogP contribution in [0, 0.1) is 0 Å². The fraction of sp³-hybridized carbons (Fsp3) is 0.455. The summed E-state index contributed by atoms with van der Waals surface area (Å²) in [7, 11) is 0. The van der Waals surface area contributed by atoms with Gasteiger partial charge in [0.1, 0.15) is 5.82 Å². The van der Waals surface area contributed by atoms with E-state index in [2.05, 4.69) is 55.2 Å². The number of halogens is 1. The average molecular weight is 441 g/mol. The summed E-state index contributed by atoms with van der Waals surface area (Å²) >= 11 is 3.53. The van der Waals surface area contributed by atoms with Crippen molar-refractivity contribution < 1.29 is 0 Å². The Hall–Kier alpha value is -1.92. The Kier molecular flexibility index (Phi) is 4.85. The van der Waals surface area contributed by atoms with Crippen molar-refractivity contribution in [3.05, 3.63) is 61.9 Å². The van der Waals surface area contributed by atoms with Gasteiger partial charge in [0.15, 0.2) is 0 Å². The van der Waals surface area contributed by atoms with Gasteiger partial charge in [-0.2, -0.15) is 0 Å². The number of H-pyrrole nitrogens is 2. The molecule has 5 nitrogen and oxygen atoms in total. The third-order valence-electron chi connectivity index (χ3n) is 6.29. The van der Waals surface area contributed by atoms with E-state index in [1.807, 2.05) is 0 Å². The fourth-order valence-corrected chi connectivity index (χ4v) is 5.11. The molecule has 2 aromatic heterocycles. The van der Waals surface area contributed by atoms with E-state index in [1.165, 1.54) is 30.2 Å². The molecule has 0 atom stereocenters. The van der Waals surface area contributed by atoms with Gasteiger partial charge in [0, 0.05) is 52.7 Å². The van der Waals surface area contributed by atoms with Crippen LogP contribution in [0.15, 0.2) is 33.7 Å². The maximum atomic E-state index is 12.6. The van der Waals surface area contributed by atoms with E-state index in [9.17, 15) is 4.79 Å². The number of benzene rings is 1. The number of rotatable bonds is 3. The van der Waals surface area contributed by atoms with Crippen molar-refractivity contribution in [3.8, 4) is 0 Å². The lowest BCUT2D eigenvalue weighted by molar-refractivity contribution is 0.240. The normalized spacial score (nSPS) is 18.5. The number of fused-ring (bicyclic) bond motifs is 2.